The third-order valence-electron chi connectivity index (χ3n) is 5.63. The lowest BCUT2D eigenvalue weighted by Crippen LogP contribution is -2.23. The first kappa shape index (κ1) is 23.2. The molecular formula is C27H34OS. The lowest BCUT2D eigenvalue weighted by Gasteiger charge is -2.36. The van der Waals surface area contributed by atoms with Crippen LogP contribution in [-0.4, -0.2) is 5.12 Å². The van der Waals surface area contributed by atoms with Gasteiger partial charge in [0.25, 0.3) is 0 Å². The molecule has 0 bridgehead atoms. The Hall–Kier alpha value is -2.06. The van der Waals surface area contributed by atoms with Crippen molar-refractivity contribution in [3.8, 4) is 0 Å². The van der Waals surface area contributed by atoms with E-state index in [9.17, 15) is 4.79 Å². The number of benzene rings is 1. The van der Waals surface area contributed by atoms with Gasteiger partial charge in [-0.05, 0) is 86.1 Å². The van der Waals surface area contributed by atoms with Gasteiger partial charge in [-0.25, -0.2) is 0 Å². The summed E-state index contributed by atoms with van der Waals surface area (Å²) in [6.07, 6.45) is 14.8. The fraction of sp³-hybridized carbons (Fsp3) is 0.370. The first-order valence-electron chi connectivity index (χ1n) is 10.4. The Morgan fingerprint density at radius 3 is 2.48 bits per heavy atom. The average Bonchev–Trinajstić information content (AvgIpc) is 2.65. The highest BCUT2D eigenvalue weighted by Gasteiger charge is 2.29. The normalized spacial score (nSPS) is 20.7. The molecule has 154 valence electrons. The first-order valence-corrected chi connectivity index (χ1v) is 11.2. The van der Waals surface area contributed by atoms with E-state index in [1.165, 1.54) is 41.3 Å². The molecule has 0 saturated heterocycles. The Labute approximate surface area is 181 Å². The molecule has 0 saturated carbocycles. The average molecular weight is 407 g/mol. The summed E-state index contributed by atoms with van der Waals surface area (Å²) in [5.41, 5.74) is 5.40. The van der Waals surface area contributed by atoms with E-state index in [1.807, 2.05) is 49.4 Å². The number of hydrogen-bond acceptors (Lipinski definition) is 2. The molecule has 1 aromatic carbocycles. The van der Waals surface area contributed by atoms with Crippen molar-refractivity contribution in [1.29, 1.82) is 0 Å². The van der Waals surface area contributed by atoms with Gasteiger partial charge in [0.2, 0.25) is 5.12 Å². The molecule has 1 nitrogen and oxygen atoms in total. The Bertz CT molecular complexity index is 863. The second-order valence-corrected chi connectivity index (χ2v) is 9.72. The zero-order valence-corrected chi connectivity index (χ0v) is 19.5. The van der Waals surface area contributed by atoms with Crippen LogP contribution in [0.25, 0.3) is 0 Å². The van der Waals surface area contributed by atoms with E-state index in [0.717, 1.165) is 10.5 Å². The first-order chi connectivity index (χ1) is 13.7. The van der Waals surface area contributed by atoms with Crippen LogP contribution in [-0.2, 0) is 4.79 Å². The molecule has 1 aromatic rings. The molecule has 1 atom stereocenters. The molecule has 0 fully saturated rings. The maximum atomic E-state index is 12.1. The molecule has 0 amide bonds. The Kier molecular flexibility index (Phi) is 8.52. The van der Waals surface area contributed by atoms with Crippen molar-refractivity contribution < 1.29 is 4.79 Å². The SMILES string of the molecule is CC1=C(/C=C/C(C)=C/C=C/C(C)=C\C(=O)Sc2ccccc2)C(C)(C)CCC1C. The number of allylic oxidation sites excluding steroid dienone is 9. The zero-order valence-electron chi connectivity index (χ0n) is 18.7. The van der Waals surface area contributed by atoms with E-state index in [-0.39, 0.29) is 10.5 Å². The second-order valence-electron chi connectivity index (χ2n) is 8.65. The monoisotopic (exact) mass is 406 g/mol. The fourth-order valence-electron chi connectivity index (χ4n) is 3.57. The summed E-state index contributed by atoms with van der Waals surface area (Å²) in [5.74, 6) is 0.672. The summed E-state index contributed by atoms with van der Waals surface area (Å²) >= 11 is 1.25. The third kappa shape index (κ3) is 7.36. The molecule has 0 aliphatic heterocycles. The van der Waals surface area contributed by atoms with Gasteiger partial charge in [-0.1, -0.05) is 80.5 Å². The highest BCUT2D eigenvalue weighted by molar-refractivity contribution is 8.14. The maximum Gasteiger partial charge on any atom is 0.217 e. The fourth-order valence-corrected chi connectivity index (χ4v) is 4.35. The third-order valence-corrected chi connectivity index (χ3v) is 6.46. The topological polar surface area (TPSA) is 17.1 Å². The molecule has 1 unspecified atom stereocenters. The zero-order chi connectivity index (χ0) is 21.4. The molecule has 2 rings (SSSR count). The molecule has 0 radical (unpaired) electrons. The van der Waals surface area contributed by atoms with Crippen molar-refractivity contribution in [3.05, 3.63) is 89.1 Å². The van der Waals surface area contributed by atoms with Gasteiger partial charge in [0.15, 0.2) is 0 Å². The minimum atomic E-state index is 0.0509. The van der Waals surface area contributed by atoms with Crippen LogP contribution < -0.4 is 0 Å². The smallest absolute Gasteiger partial charge is 0.217 e. The van der Waals surface area contributed by atoms with E-state index < -0.39 is 0 Å². The summed E-state index contributed by atoms with van der Waals surface area (Å²) in [7, 11) is 0. The number of hydrogen-bond donors (Lipinski definition) is 0. The van der Waals surface area contributed by atoms with Crippen molar-refractivity contribution in [2.75, 3.05) is 0 Å². The van der Waals surface area contributed by atoms with Crippen LogP contribution in [0, 0.1) is 11.3 Å². The molecular weight excluding hydrogens is 372 g/mol. The quantitative estimate of drug-likeness (QED) is 0.270. The van der Waals surface area contributed by atoms with E-state index >= 15 is 0 Å². The second kappa shape index (κ2) is 10.6. The van der Waals surface area contributed by atoms with Gasteiger partial charge in [0.05, 0.1) is 0 Å². The van der Waals surface area contributed by atoms with Crippen LogP contribution in [0.15, 0.2) is 94.0 Å². The van der Waals surface area contributed by atoms with Crippen molar-refractivity contribution in [2.24, 2.45) is 11.3 Å². The molecule has 0 aromatic heterocycles. The summed E-state index contributed by atoms with van der Waals surface area (Å²) in [5, 5.41) is 0.0509. The number of rotatable bonds is 6. The molecule has 29 heavy (non-hydrogen) atoms. The van der Waals surface area contributed by atoms with Gasteiger partial charge in [0, 0.05) is 4.90 Å². The molecule has 0 N–H and O–H groups in total. The Morgan fingerprint density at radius 2 is 1.79 bits per heavy atom. The van der Waals surface area contributed by atoms with E-state index in [4.69, 9.17) is 0 Å². The van der Waals surface area contributed by atoms with Crippen LogP contribution in [0.3, 0.4) is 0 Å². The van der Waals surface area contributed by atoms with Gasteiger partial charge in [-0.2, -0.15) is 0 Å². The molecule has 1 aliphatic rings. The van der Waals surface area contributed by atoms with E-state index in [2.05, 4.69) is 52.8 Å². The van der Waals surface area contributed by atoms with Crippen molar-refractivity contribution in [3.63, 3.8) is 0 Å². The van der Waals surface area contributed by atoms with Gasteiger partial charge in [0.1, 0.15) is 0 Å². The summed E-state index contributed by atoms with van der Waals surface area (Å²) in [4.78, 5) is 13.1. The van der Waals surface area contributed by atoms with E-state index in [0.29, 0.717) is 5.92 Å². The summed E-state index contributed by atoms with van der Waals surface area (Å²) < 4.78 is 0. The molecule has 1 aliphatic carbocycles. The van der Waals surface area contributed by atoms with Gasteiger partial charge in [-0.3, -0.25) is 4.79 Å². The molecule has 0 heterocycles. The van der Waals surface area contributed by atoms with Crippen LogP contribution >= 0.6 is 11.8 Å². The van der Waals surface area contributed by atoms with Crippen LogP contribution in [0.1, 0.15) is 54.4 Å². The highest BCUT2D eigenvalue weighted by atomic mass is 32.2. The summed E-state index contributed by atoms with van der Waals surface area (Å²) in [6.45, 7) is 13.4. The number of carbonyl (C=O) groups is 1. The lowest BCUT2D eigenvalue weighted by molar-refractivity contribution is -0.107. The molecule has 2 heteroatoms. The number of carbonyl (C=O) groups excluding carboxylic acids is 1. The molecule has 0 spiro atoms. The van der Waals surface area contributed by atoms with Crippen LogP contribution in [0.4, 0.5) is 0 Å². The van der Waals surface area contributed by atoms with Crippen molar-refractivity contribution >= 4 is 16.9 Å². The predicted octanol–water partition coefficient (Wildman–Crippen LogP) is 8.08. The van der Waals surface area contributed by atoms with Crippen LogP contribution in [0.5, 0.6) is 0 Å². The van der Waals surface area contributed by atoms with E-state index in [1.54, 1.807) is 6.08 Å². The minimum Gasteiger partial charge on any atom is -0.282 e. The standard InChI is InChI=1S/C27H34OS/c1-20(15-16-25-23(4)22(3)17-18-27(25,5)6)11-10-12-21(2)19-26(28)29-24-13-8-7-9-14-24/h7-16,19,22H,17-18H2,1-6H3/b12-10+,16-15+,20-11+,21-19-. The van der Waals surface area contributed by atoms with Gasteiger partial charge in [-0.15, -0.1) is 0 Å². The maximum absolute atomic E-state index is 12.1. The number of thioether (sulfide) groups is 1. The lowest BCUT2D eigenvalue weighted by atomic mass is 9.69. The van der Waals surface area contributed by atoms with Crippen LogP contribution in [0.2, 0.25) is 0 Å². The van der Waals surface area contributed by atoms with Gasteiger partial charge < -0.3 is 0 Å². The van der Waals surface area contributed by atoms with Crippen molar-refractivity contribution in [1.82, 2.24) is 0 Å². The summed E-state index contributed by atoms with van der Waals surface area (Å²) in [6, 6.07) is 9.74. The Balaban J connectivity index is 1.99. The Morgan fingerprint density at radius 1 is 1.10 bits per heavy atom. The highest BCUT2D eigenvalue weighted by Crippen LogP contribution is 2.43. The van der Waals surface area contributed by atoms with Gasteiger partial charge >= 0.3 is 0 Å². The van der Waals surface area contributed by atoms with Crippen molar-refractivity contribution in [2.45, 2.75) is 59.3 Å². The largest absolute Gasteiger partial charge is 0.282 e. The predicted molar refractivity (Wildman–Crippen MR) is 128 cm³/mol. The minimum absolute atomic E-state index is 0.0509.